The standard InChI is InChI=1S/C17H31N3O2S/c1-15(18-8-4-3-5-9-18)17(22)20-11-6-10-19(12-13-20)16(21)7-14-23-2/h15H,3-14H2,1-2H3. The van der Waals surface area contributed by atoms with Gasteiger partial charge in [-0.2, -0.15) is 11.8 Å². The van der Waals surface area contributed by atoms with Crippen molar-refractivity contribution in [3.05, 3.63) is 0 Å². The van der Waals surface area contributed by atoms with Crippen LogP contribution in [-0.4, -0.2) is 83.8 Å². The Morgan fingerprint density at radius 1 is 0.913 bits per heavy atom. The SMILES string of the molecule is CSCCC(=O)N1CCCN(C(=O)C(C)N2CCCCC2)CC1. The van der Waals surface area contributed by atoms with Crippen molar-refractivity contribution in [2.24, 2.45) is 0 Å². The Labute approximate surface area is 144 Å². The van der Waals surface area contributed by atoms with Crippen molar-refractivity contribution in [2.45, 2.75) is 45.1 Å². The van der Waals surface area contributed by atoms with Crippen molar-refractivity contribution >= 4 is 23.6 Å². The minimum absolute atomic E-state index is 0.0194. The molecule has 0 radical (unpaired) electrons. The topological polar surface area (TPSA) is 43.9 Å². The maximum atomic E-state index is 12.8. The van der Waals surface area contributed by atoms with Crippen LogP contribution >= 0.6 is 11.8 Å². The summed E-state index contributed by atoms with van der Waals surface area (Å²) in [6, 6.07) is -0.0194. The van der Waals surface area contributed by atoms with E-state index in [1.807, 2.05) is 23.0 Å². The first-order valence-electron chi connectivity index (χ1n) is 8.93. The van der Waals surface area contributed by atoms with Gasteiger partial charge in [0.2, 0.25) is 11.8 Å². The number of rotatable bonds is 5. The third-order valence-electron chi connectivity index (χ3n) is 4.98. The van der Waals surface area contributed by atoms with E-state index in [0.29, 0.717) is 19.5 Å². The van der Waals surface area contributed by atoms with E-state index in [0.717, 1.165) is 38.4 Å². The van der Waals surface area contributed by atoms with E-state index in [-0.39, 0.29) is 17.9 Å². The lowest BCUT2D eigenvalue weighted by Gasteiger charge is -2.34. The van der Waals surface area contributed by atoms with E-state index in [9.17, 15) is 9.59 Å². The third kappa shape index (κ3) is 5.38. The molecule has 6 heteroatoms. The molecule has 23 heavy (non-hydrogen) atoms. The van der Waals surface area contributed by atoms with Crippen LogP contribution in [0.15, 0.2) is 0 Å². The summed E-state index contributed by atoms with van der Waals surface area (Å²) in [6.07, 6.45) is 7.22. The van der Waals surface area contributed by atoms with E-state index < -0.39 is 0 Å². The summed E-state index contributed by atoms with van der Waals surface area (Å²) in [4.78, 5) is 31.2. The second-order valence-corrected chi connectivity index (χ2v) is 7.56. The molecule has 0 bridgehead atoms. The minimum atomic E-state index is -0.0194. The fraction of sp³-hybridized carbons (Fsp3) is 0.882. The summed E-state index contributed by atoms with van der Waals surface area (Å²) in [5, 5.41) is 0. The van der Waals surface area contributed by atoms with Crippen molar-refractivity contribution in [1.82, 2.24) is 14.7 Å². The van der Waals surface area contributed by atoms with E-state index >= 15 is 0 Å². The van der Waals surface area contributed by atoms with Crippen LogP contribution in [0.2, 0.25) is 0 Å². The van der Waals surface area contributed by atoms with Crippen LogP contribution in [0.5, 0.6) is 0 Å². The highest BCUT2D eigenvalue weighted by molar-refractivity contribution is 7.98. The van der Waals surface area contributed by atoms with Gasteiger partial charge in [0, 0.05) is 38.4 Å². The maximum Gasteiger partial charge on any atom is 0.239 e. The molecule has 132 valence electrons. The van der Waals surface area contributed by atoms with Gasteiger partial charge in [-0.25, -0.2) is 0 Å². The van der Waals surface area contributed by atoms with Crippen LogP contribution in [-0.2, 0) is 9.59 Å². The first-order chi connectivity index (χ1) is 11.1. The number of carbonyl (C=O) groups excluding carboxylic acids is 2. The highest BCUT2D eigenvalue weighted by Crippen LogP contribution is 2.15. The number of piperidine rings is 1. The van der Waals surface area contributed by atoms with Crippen LogP contribution in [0.3, 0.4) is 0 Å². The summed E-state index contributed by atoms with van der Waals surface area (Å²) in [5.41, 5.74) is 0. The number of nitrogens with zero attached hydrogens (tertiary/aromatic N) is 3. The third-order valence-corrected chi connectivity index (χ3v) is 5.59. The van der Waals surface area contributed by atoms with Crippen LogP contribution in [0.25, 0.3) is 0 Å². The Balaban J connectivity index is 1.84. The highest BCUT2D eigenvalue weighted by Gasteiger charge is 2.28. The van der Waals surface area contributed by atoms with Gasteiger partial charge in [0.25, 0.3) is 0 Å². The smallest absolute Gasteiger partial charge is 0.239 e. The van der Waals surface area contributed by atoms with Crippen molar-refractivity contribution in [2.75, 3.05) is 51.3 Å². The Morgan fingerprint density at radius 2 is 1.57 bits per heavy atom. The first-order valence-corrected chi connectivity index (χ1v) is 10.3. The summed E-state index contributed by atoms with van der Waals surface area (Å²) < 4.78 is 0. The molecule has 0 aromatic carbocycles. The van der Waals surface area contributed by atoms with Crippen molar-refractivity contribution < 1.29 is 9.59 Å². The molecule has 5 nitrogen and oxygen atoms in total. The van der Waals surface area contributed by atoms with Crippen molar-refractivity contribution in [3.8, 4) is 0 Å². The molecule has 2 saturated heterocycles. The fourth-order valence-corrected chi connectivity index (χ4v) is 3.84. The molecular weight excluding hydrogens is 310 g/mol. The van der Waals surface area contributed by atoms with Gasteiger partial charge in [0.05, 0.1) is 6.04 Å². The molecule has 0 aliphatic carbocycles. The van der Waals surface area contributed by atoms with E-state index in [4.69, 9.17) is 0 Å². The molecule has 2 aliphatic heterocycles. The molecule has 0 spiro atoms. The van der Waals surface area contributed by atoms with E-state index in [1.54, 1.807) is 11.8 Å². The summed E-state index contributed by atoms with van der Waals surface area (Å²) in [6.45, 7) is 7.06. The molecule has 2 fully saturated rings. The average Bonchev–Trinajstić information content (AvgIpc) is 2.85. The Bertz CT molecular complexity index is 399. The van der Waals surface area contributed by atoms with Crippen molar-refractivity contribution in [1.29, 1.82) is 0 Å². The number of thioether (sulfide) groups is 1. The maximum absolute atomic E-state index is 12.8. The molecule has 0 aromatic heterocycles. The minimum Gasteiger partial charge on any atom is -0.341 e. The largest absolute Gasteiger partial charge is 0.341 e. The lowest BCUT2D eigenvalue weighted by molar-refractivity contribution is -0.137. The molecule has 0 saturated carbocycles. The van der Waals surface area contributed by atoms with Crippen LogP contribution < -0.4 is 0 Å². The zero-order valence-electron chi connectivity index (χ0n) is 14.6. The molecule has 2 rings (SSSR count). The van der Waals surface area contributed by atoms with Gasteiger partial charge in [0.15, 0.2) is 0 Å². The quantitative estimate of drug-likeness (QED) is 0.763. The molecule has 1 unspecified atom stereocenters. The Morgan fingerprint density at radius 3 is 2.26 bits per heavy atom. The van der Waals surface area contributed by atoms with Gasteiger partial charge in [-0.1, -0.05) is 6.42 Å². The van der Waals surface area contributed by atoms with Gasteiger partial charge in [-0.05, 0) is 45.5 Å². The lowest BCUT2D eigenvalue weighted by Crippen LogP contribution is -2.49. The molecule has 0 N–H and O–H groups in total. The number of hydrogen-bond acceptors (Lipinski definition) is 4. The van der Waals surface area contributed by atoms with Gasteiger partial charge in [0.1, 0.15) is 0 Å². The number of likely N-dealkylation sites (tertiary alicyclic amines) is 1. The second-order valence-electron chi connectivity index (χ2n) is 6.58. The highest BCUT2D eigenvalue weighted by atomic mass is 32.2. The summed E-state index contributed by atoms with van der Waals surface area (Å²) in [5.74, 6) is 1.35. The summed E-state index contributed by atoms with van der Waals surface area (Å²) >= 11 is 1.71. The zero-order valence-corrected chi connectivity index (χ0v) is 15.4. The predicted molar refractivity (Wildman–Crippen MR) is 95.7 cm³/mol. The second kappa shape index (κ2) is 9.52. The summed E-state index contributed by atoms with van der Waals surface area (Å²) in [7, 11) is 0. The number of hydrogen-bond donors (Lipinski definition) is 0. The molecule has 2 aliphatic rings. The normalized spacial score (nSPS) is 21.8. The molecule has 2 amide bonds. The van der Waals surface area contributed by atoms with Gasteiger partial charge < -0.3 is 9.80 Å². The van der Waals surface area contributed by atoms with Gasteiger partial charge >= 0.3 is 0 Å². The zero-order chi connectivity index (χ0) is 16.7. The monoisotopic (exact) mass is 341 g/mol. The molecule has 1 atom stereocenters. The molecule has 2 heterocycles. The fourth-order valence-electron chi connectivity index (χ4n) is 3.46. The molecule has 0 aromatic rings. The number of carbonyl (C=O) groups is 2. The van der Waals surface area contributed by atoms with E-state index in [1.165, 1.54) is 19.3 Å². The predicted octanol–water partition coefficient (Wildman–Crippen LogP) is 1.67. The van der Waals surface area contributed by atoms with Gasteiger partial charge in [-0.3, -0.25) is 14.5 Å². The van der Waals surface area contributed by atoms with Crippen LogP contribution in [0, 0.1) is 0 Å². The van der Waals surface area contributed by atoms with Crippen LogP contribution in [0.4, 0.5) is 0 Å². The molecular formula is C17H31N3O2S. The van der Waals surface area contributed by atoms with Gasteiger partial charge in [-0.15, -0.1) is 0 Å². The van der Waals surface area contributed by atoms with E-state index in [2.05, 4.69) is 4.90 Å². The lowest BCUT2D eigenvalue weighted by atomic mass is 10.1. The van der Waals surface area contributed by atoms with Crippen molar-refractivity contribution in [3.63, 3.8) is 0 Å². The Hall–Kier alpha value is -0.750. The number of amides is 2. The first kappa shape index (κ1) is 18.6. The average molecular weight is 342 g/mol. The van der Waals surface area contributed by atoms with Crippen LogP contribution in [0.1, 0.15) is 39.0 Å². The Kier molecular flexibility index (Phi) is 7.70.